The SMILES string of the molecule is COc1ccc(-c2cc3c(=O)n(Cc4ccc(Cl)cc4)ncn3n2)cc1. The van der Waals surface area contributed by atoms with Gasteiger partial charge in [0.2, 0.25) is 0 Å². The van der Waals surface area contributed by atoms with Gasteiger partial charge >= 0.3 is 0 Å². The number of rotatable bonds is 4. The largest absolute Gasteiger partial charge is 0.497 e. The molecule has 0 spiro atoms. The fourth-order valence-electron chi connectivity index (χ4n) is 2.72. The van der Waals surface area contributed by atoms with Gasteiger partial charge in [-0.1, -0.05) is 23.7 Å². The molecule has 0 amide bonds. The lowest BCUT2D eigenvalue weighted by Gasteiger charge is -2.04. The number of hydrogen-bond donors (Lipinski definition) is 0. The minimum absolute atomic E-state index is 0.199. The number of fused-ring (bicyclic) bond motifs is 1. The third-order valence-corrected chi connectivity index (χ3v) is 4.37. The third kappa shape index (κ3) is 3.07. The van der Waals surface area contributed by atoms with E-state index in [1.54, 1.807) is 31.6 Å². The highest BCUT2D eigenvalue weighted by Crippen LogP contribution is 2.21. The summed E-state index contributed by atoms with van der Waals surface area (Å²) in [5, 5.41) is 9.31. The number of methoxy groups -OCH3 is 1. The maximum atomic E-state index is 12.7. The first-order chi connectivity index (χ1) is 12.6. The summed E-state index contributed by atoms with van der Waals surface area (Å²) in [6.45, 7) is 0.371. The van der Waals surface area contributed by atoms with Crippen molar-refractivity contribution in [1.29, 1.82) is 0 Å². The van der Waals surface area contributed by atoms with Gasteiger partial charge in [-0.25, -0.2) is 9.20 Å². The molecule has 0 radical (unpaired) electrons. The van der Waals surface area contributed by atoms with E-state index in [1.165, 1.54) is 9.20 Å². The van der Waals surface area contributed by atoms with Gasteiger partial charge in [-0.3, -0.25) is 4.79 Å². The van der Waals surface area contributed by atoms with E-state index in [2.05, 4.69) is 10.2 Å². The van der Waals surface area contributed by atoms with Crippen molar-refractivity contribution in [3.63, 3.8) is 0 Å². The molecule has 2 aromatic heterocycles. The molecule has 0 unspecified atom stereocenters. The fourth-order valence-corrected chi connectivity index (χ4v) is 2.84. The molecule has 0 aliphatic carbocycles. The molecule has 4 aromatic rings. The van der Waals surface area contributed by atoms with Gasteiger partial charge in [-0.05, 0) is 48.0 Å². The van der Waals surface area contributed by atoms with Crippen LogP contribution >= 0.6 is 11.6 Å². The van der Waals surface area contributed by atoms with Crippen LogP contribution in [0, 0.1) is 0 Å². The molecule has 6 nitrogen and oxygen atoms in total. The van der Waals surface area contributed by atoms with E-state index in [9.17, 15) is 4.79 Å². The average Bonchev–Trinajstić information content (AvgIpc) is 3.11. The number of nitrogens with zero attached hydrogens (tertiary/aromatic N) is 4. The van der Waals surface area contributed by atoms with Crippen molar-refractivity contribution < 1.29 is 4.74 Å². The topological polar surface area (TPSA) is 61.4 Å². The van der Waals surface area contributed by atoms with Gasteiger partial charge < -0.3 is 4.74 Å². The van der Waals surface area contributed by atoms with Crippen molar-refractivity contribution >= 4 is 17.1 Å². The maximum Gasteiger partial charge on any atom is 0.293 e. The second-order valence-corrected chi connectivity index (χ2v) is 6.24. The number of aromatic nitrogens is 4. The Morgan fingerprint density at radius 2 is 1.81 bits per heavy atom. The Bertz CT molecular complexity index is 1120. The summed E-state index contributed by atoms with van der Waals surface area (Å²) in [6.07, 6.45) is 1.54. The Kier molecular flexibility index (Phi) is 4.18. The van der Waals surface area contributed by atoms with Crippen molar-refractivity contribution in [1.82, 2.24) is 19.4 Å². The second kappa shape index (κ2) is 6.65. The highest BCUT2D eigenvalue weighted by Gasteiger charge is 2.10. The van der Waals surface area contributed by atoms with Gasteiger partial charge in [0.15, 0.2) is 0 Å². The van der Waals surface area contributed by atoms with Crippen LogP contribution in [0.15, 0.2) is 65.7 Å². The molecular weight excluding hydrogens is 352 g/mol. The summed E-state index contributed by atoms with van der Waals surface area (Å²) in [5.74, 6) is 0.768. The normalized spacial score (nSPS) is 11.0. The summed E-state index contributed by atoms with van der Waals surface area (Å²) in [4.78, 5) is 12.7. The minimum Gasteiger partial charge on any atom is -0.497 e. The predicted molar refractivity (Wildman–Crippen MR) is 99.8 cm³/mol. The van der Waals surface area contributed by atoms with Gasteiger partial charge in [-0.2, -0.15) is 10.2 Å². The average molecular weight is 367 g/mol. The molecule has 2 heterocycles. The van der Waals surface area contributed by atoms with E-state index >= 15 is 0 Å². The quantitative estimate of drug-likeness (QED) is 0.556. The van der Waals surface area contributed by atoms with Crippen LogP contribution in [0.1, 0.15) is 5.56 Å². The highest BCUT2D eigenvalue weighted by molar-refractivity contribution is 6.30. The Morgan fingerprint density at radius 1 is 1.08 bits per heavy atom. The predicted octanol–water partition coefficient (Wildman–Crippen LogP) is 3.27. The molecule has 0 saturated heterocycles. The van der Waals surface area contributed by atoms with Crippen molar-refractivity contribution in [3.8, 4) is 17.0 Å². The first-order valence-electron chi connectivity index (χ1n) is 7.98. The van der Waals surface area contributed by atoms with Gasteiger partial charge in [0.25, 0.3) is 5.56 Å². The Labute approximate surface area is 154 Å². The van der Waals surface area contributed by atoms with E-state index in [-0.39, 0.29) is 5.56 Å². The molecule has 26 heavy (non-hydrogen) atoms. The van der Waals surface area contributed by atoms with E-state index in [0.717, 1.165) is 16.9 Å². The van der Waals surface area contributed by atoms with Gasteiger partial charge in [-0.15, -0.1) is 0 Å². The molecule has 0 aliphatic heterocycles. The molecule has 0 bridgehead atoms. The van der Waals surface area contributed by atoms with Crippen LogP contribution in [0.25, 0.3) is 16.8 Å². The Balaban J connectivity index is 1.71. The van der Waals surface area contributed by atoms with Gasteiger partial charge in [0.1, 0.15) is 17.6 Å². The first kappa shape index (κ1) is 16.4. The van der Waals surface area contributed by atoms with Crippen molar-refractivity contribution in [2.45, 2.75) is 6.54 Å². The third-order valence-electron chi connectivity index (χ3n) is 4.12. The number of hydrogen-bond acceptors (Lipinski definition) is 4. The number of benzene rings is 2. The zero-order valence-electron chi connectivity index (χ0n) is 14.0. The van der Waals surface area contributed by atoms with Crippen LogP contribution < -0.4 is 10.3 Å². The molecule has 7 heteroatoms. The summed E-state index contributed by atoms with van der Waals surface area (Å²) < 4.78 is 8.08. The van der Waals surface area contributed by atoms with E-state index < -0.39 is 0 Å². The van der Waals surface area contributed by atoms with Crippen LogP contribution in [0.5, 0.6) is 5.75 Å². The number of ether oxygens (including phenoxy) is 1. The lowest BCUT2D eigenvalue weighted by atomic mass is 10.1. The van der Waals surface area contributed by atoms with E-state index in [0.29, 0.717) is 22.8 Å². The molecular formula is C19H15ClN4O2. The van der Waals surface area contributed by atoms with Crippen LogP contribution in [0.3, 0.4) is 0 Å². The molecule has 4 rings (SSSR count). The minimum atomic E-state index is -0.199. The summed E-state index contributed by atoms with van der Waals surface area (Å²) in [7, 11) is 1.62. The van der Waals surface area contributed by atoms with Crippen LogP contribution in [0.4, 0.5) is 0 Å². The lowest BCUT2D eigenvalue weighted by molar-refractivity contribution is 0.415. The molecule has 0 aliphatic rings. The Hall–Kier alpha value is -3.12. The van der Waals surface area contributed by atoms with Crippen LogP contribution in [-0.2, 0) is 6.54 Å². The maximum absolute atomic E-state index is 12.7. The van der Waals surface area contributed by atoms with E-state index in [4.69, 9.17) is 16.3 Å². The van der Waals surface area contributed by atoms with Crippen LogP contribution in [-0.4, -0.2) is 26.5 Å². The second-order valence-electron chi connectivity index (χ2n) is 5.81. The fraction of sp³-hybridized carbons (Fsp3) is 0.105. The highest BCUT2D eigenvalue weighted by atomic mass is 35.5. The molecule has 0 N–H and O–H groups in total. The van der Waals surface area contributed by atoms with Gasteiger partial charge in [0, 0.05) is 10.6 Å². The molecule has 2 aromatic carbocycles. The summed E-state index contributed by atoms with van der Waals surface area (Å²) >= 11 is 5.90. The Morgan fingerprint density at radius 3 is 2.50 bits per heavy atom. The zero-order valence-corrected chi connectivity index (χ0v) is 14.7. The number of halogens is 1. The van der Waals surface area contributed by atoms with Crippen molar-refractivity contribution in [2.75, 3.05) is 7.11 Å². The molecule has 0 atom stereocenters. The van der Waals surface area contributed by atoms with Crippen LogP contribution in [0.2, 0.25) is 5.02 Å². The summed E-state index contributed by atoms with van der Waals surface area (Å²) in [5.41, 5.74) is 2.83. The zero-order chi connectivity index (χ0) is 18.1. The summed E-state index contributed by atoms with van der Waals surface area (Å²) in [6, 6.07) is 16.6. The molecule has 0 fully saturated rings. The lowest BCUT2D eigenvalue weighted by Crippen LogP contribution is -2.25. The first-order valence-corrected chi connectivity index (χ1v) is 8.36. The molecule has 0 saturated carbocycles. The van der Waals surface area contributed by atoms with Crippen molar-refractivity contribution in [2.24, 2.45) is 0 Å². The van der Waals surface area contributed by atoms with Crippen molar-refractivity contribution in [3.05, 3.63) is 81.9 Å². The standard InChI is InChI=1S/C19H15ClN4O2/c1-26-16-8-4-14(5-9-16)17-10-18-19(25)23(21-12-24(18)22-17)11-13-2-6-15(20)7-3-13/h2-10,12H,11H2,1H3. The smallest absolute Gasteiger partial charge is 0.293 e. The van der Waals surface area contributed by atoms with Gasteiger partial charge in [0.05, 0.1) is 19.3 Å². The molecule has 130 valence electrons. The monoisotopic (exact) mass is 366 g/mol. The van der Waals surface area contributed by atoms with E-state index in [1.807, 2.05) is 36.4 Å².